The largest absolute Gasteiger partial charge is 0.492 e. The number of anilines is 1. The Bertz CT molecular complexity index is 856. The second kappa shape index (κ2) is 8.68. The Kier molecular flexibility index (Phi) is 6.28. The summed E-state index contributed by atoms with van der Waals surface area (Å²) in [6, 6.07) is 5.02. The smallest absolute Gasteiger partial charge is 0.344 e. The van der Waals surface area contributed by atoms with Gasteiger partial charge in [-0.3, -0.25) is 4.72 Å². The van der Waals surface area contributed by atoms with Crippen LogP contribution in [0, 0.1) is 5.92 Å². The van der Waals surface area contributed by atoms with Crippen LogP contribution in [0.3, 0.4) is 0 Å². The number of hydrogen-bond donors (Lipinski definition) is 3. The molecule has 2 amide bonds. The number of amides is 2. The molecule has 2 aliphatic heterocycles. The van der Waals surface area contributed by atoms with Gasteiger partial charge < -0.3 is 20.7 Å². The Labute approximate surface area is 165 Å². The van der Waals surface area contributed by atoms with Crippen molar-refractivity contribution in [3.63, 3.8) is 0 Å². The highest BCUT2D eigenvalue weighted by Crippen LogP contribution is 2.31. The lowest BCUT2D eigenvalue weighted by Gasteiger charge is -2.33. The molecule has 2 heterocycles. The van der Waals surface area contributed by atoms with Crippen molar-refractivity contribution in [1.82, 2.24) is 10.2 Å². The van der Waals surface area contributed by atoms with Crippen LogP contribution in [0.5, 0.6) is 5.75 Å². The van der Waals surface area contributed by atoms with Crippen LogP contribution in [0.4, 0.5) is 10.5 Å². The Hall–Kier alpha value is -2.49. The molecule has 3 rings (SSSR count). The zero-order valence-electron chi connectivity index (χ0n) is 16.0. The first kappa shape index (κ1) is 20.2. The molecule has 0 aliphatic carbocycles. The van der Waals surface area contributed by atoms with E-state index in [-0.39, 0.29) is 17.8 Å². The van der Waals surface area contributed by atoms with E-state index in [0.717, 1.165) is 32.2 Å². The lowest BCUT2D eigenvalue weighted by atomic mass is 9.99. The third kappa shape index (κ3) is 4.86. The predicted octanol–water partition coefficient (Wildman–Crippen LogP) is 1.66. The van der Waals surface area contributed by atoms with E-state index in [1.54, 1.807) is 18.2 Å². The average molecular weight is 410 g/mol. The van der Waals surface area contributed by atoms with Crippen molar-refractivity contribution in [2.24, 2.45) is 16.0 Å². The highest BCUT2D eigenvalue weighted by Gasteiger charge is 2.27. The van der Waals surface area contributed by atoms with E-state index in [0.29, 0.717) is 36.7 Å². The number of unbranched alkanes of at least 4 members (excludes halogenated alkanes) is 1. The molecule has 0 spiro atoms. The van der Waals surface area contributed by atoms with Gasteiger partial charge >= 0.3 is 16.2 Å². The first-order valence-corrected chi connectivity index (χ1v) is 11.0. The predicted molar refractivity (Wildman–Crippen MR) is 108 cm³/mol. The number of carbonyl (C=O) groups is 1. The summed E-state index contributed by atoms with van der Waals surface area (Å²) < 4.78 is 35.1. The maximum Gasteiger partial charge on any atom is 0.344 e. The Morgan fingerprint density at radius 1 is 1.46 bits per heavy atom. The number of amidine groups is 1. The minimum atomic E-state index is -3.82. The van der Waals surface area contributed by atoms with Crippen LogP contribution in [0.15, 0.2) is 22.6 Å². The summed E-state index contributed by atoms with van der Waals surface area (Å²) in [6.07, 6.45) is 3.90. The first-order valence-electron chi connectivity index (χ1n) is 9.56. The molecule has 0 saturated carbocycles. The van der Waals surface area contributed by atoms with Crippen LogP contribution in [0.25, 0.3) is 0 Å². The second-order valence-electron chi connectivity index (χ2n) is 7.08. The van der Waals surface area contributed by atoms with Crippen LogP contribution in [0.1, 0.15) is 38.2 Å². The number of likely N-dealkylation sites (tertiary alicyclic amines) is 1. The maximum absolute atomic E-state index is 12.3. The number of ether oxygens (including phenoxy) is 1. The Morgan fingerprint density at radius 3 is 3.07 bits per heavy atom. The lowest BCUT2D eigenvalue weighted by Crippen LogP contribution is -2.46. The average Bonchev–Trinajstić information content (AvgIpc) is 2.65. The maximum atomic E-state index is 12.3. The molecule has 0 aromatic heterocycles. The van der Waals surface area contributed by atoms with Gasteiger partial charge in [0, 0.05) is 25.6 Å². The summed E-state index contributed by atoms with van der Waals surface area (Å²) in [6.45, 7) is 4.57. The van der Waals surface area contributed by atoms with E-state index in [9.17, 15) is 13.2 Å². The van der Waals surface area contributed by atoms with Crippen molar-refractivity contribution in [2.45, 2.75) is 32.6 Å². The molecule has 0 radical (unpaired) electrons. The number of rotatable bonds is 6. The van der Waals surface area contributed by atoms with E-state index in [2.05, 4.69) is 21.4 Å². The summed E-state index contributed by atoms with van der Waals surface area (Å²) in [4.78, 5) is 14.1. The number of nitrogens with zero attached hydrogens (tertiary/aromatic N) is 2. The number of hydrogen-bond acceptors (Lipinski definition) is 5. The molecule has 9 nitrogen and oxygen atoms in total. The molecular weight excluding hydrogens is 382 g/mol. The van der Waals surface area contributed by atoms with Gasteiger partial charge in [0.1, 0.15) is 5.75 Å². The molecule has 1 aromatic carbocycles. The summed E-state index contributed by atoms with van der Waals surface area (Å²) in [5, 5.41) is 2.95. The minimum Gasteiger partial charge on any atom is -0.492 e. The zero-order chi connectivity index (χ0) is 20.1. The first-order chi connectivity index (χ1) is 13.4. The molecule has 4 N–H and O–H groups in total. The molecule has 154 valence electrons. The standard InChI is InChI=1S/C18H27N5O4S/c1-2-3-9-20-18(24)23-10-5-6-13(11-23)12-27-15-8-4-7-14-16(15)17(19)22-28(25,26)21-14/h4,7-8,13,21H,2-3,5-6,9-12H2,1H3,(H2,19,22)(H,20,24). The molecule has 0 bridgehead atoms. The molecule has 10 heteroatoms. The van der Waals surface area contributed by atoms with Crippen molar-refractivity contribution >= 4 is 27.8 Å². The van der Waals surface area contributed by atoms with Gasteiger partial charge in [0.2, 0.25) is 0 Å². The van der Waals surface area contributed by atoms with Gasteiger partial charge in [-0.2, -0.15) is 8.42 Å². The molecule has 1 aromatic rings. The second-order valence-corrected chi connectivity index (χ2v) is 8.42. The van der Waals surface area contributed by atoms with Crippen LogP contribution in [-0.4, -0.2) is 51.4 Å². The topological polar surface area (TPSA) is 126 Å². The molecule has 1 unspecified atom stereocenters. The SMILES string of the molecule is CCCCNC(=O)N1CCCC(COc2cccc3c2C(N)=NS(=O)(=O)N3)C1. The molecule has 2 aliphatic rings. The fourth-order valence-electron chi connectivity index (χ4n) is 3.41. The number of carbonyl (C=O) groups excluding carboxylic acids is 1. The van der Waals surface area contributed by atoms with Crippen molar-refractivity contribution in [3.8, 4) is 5.75 Å². The van der Waals surface area contributed by atoms with Gasteiger partial charge in [-0.05, 0) is 31.4 Å². The van der Waals surface area contributed by atoms with E-state index in [1.165, 1.54) is 0 Å². The summed E-state index contributed by atoms with van der Waals surface area (Å²) in [7, 11) is -3.82. The van der Waals surface area contributed by atoms with E-state index < -0.39 is 10.2 Å². The minimum absolute atomic E-state index is 0.0268. The molecular formula is C18H27N5O4S. The molecule has 1 saturated heterocycles. The zero-order valence-corrected chi connectivity index (χ0v) is 16.8. The monoisotopic (exact) mass is 409 g/mol. The number of piperidine rings is 1. The van der Waals surface area contributed by atoms with E-state index in [1.807, 2.05) is 4.90 Å². The molecule has 1 fully saturated rings. The highest BCUT2D eigenvalue weighted by molar-refractivity contribution is 7.91. The van der Waals surface area contributed by atoms with Gasteiger partial charge in [-0.1, -0.05) is 19.4 Å². The van der Waals surface area contributed by atoms with Gasteiger partial charge in [0.25, 0.3) is 0 Å². The fraction of sp³-hybridized carbons (Fsp3) is 0.556. The summed E-state index contributed by atoms with van der Waals surface area (Å²) >= 11 is 0. The summed E-state index contributed by atoms with van der Waals surface area (Å²) in [5.41, 5.74) is 6.64. The van der Waals surface area contributed by atoms with Crippen LogP contribution >= 0.6 is 0 Å². The van der Waals surface area contributed by atoms with Gasteiger partial charge in [-0.15, -0.1) is 4.40 Å². The van der Waals surface area contributed by atoms with Crippen molar-refractivity contribution in [1.29, 1.82) is 0 Å². The fourth-order valence-corrected chi connectivity index (χ4v) is 4.26. The number of nitrogens with two attached hydrogens (primary N) is 1. The Morgan fingerprint density at radius 2 is 2.29 bits per heavy atom. The van der Waals surface area contributed by atoms with Gasteiger partial charge in [-0.25, -0.2) is 4.79 Å². The normalized spacial score (nSPS) is 20.5. The number of nitrogens with one attached hydrogen (secondary N) is 2. The van der Waals surface area contributed by atoms with Crippen LogP contribution in [-0.2, 0) is 10.2 Å². The number of fused-ring (bicyclic) bond motifs is 1. The summed E-state index contributed by atoms with van der Waals surface area (Å²) in [5.74, 6) is 0.579. The van der Waals surface area contributed by atoms with Crippen LogP contribution < -0.4 is 20.5 Å². The lowest BCUT2D eigenvalue weighted by molar-refractivity contribution is 0.137. The number of urea groups is 1. The quantitative estimate of drug-likeness (QED) is 0.616. The van der Waals surface area contributed by atoms with Crippen LogP contribution in [0.2, 0.25) is 0 Å². The number of benzene rings is 1. The van der Waals surface area contributed by atoms with Crippen molar-refractivity contribution < 1.29 is 17.9 Å². The third-order valence-corrected chi connectivity index (χ3v) is 5.74. The molecule has 28 heavy (non-hydrogen) atoms. The van der Waals surface area contributed by atoms with Crippen molar-refractivity contribution in [3.05, 3.63) is 23.8 Å². The van der Waals surface area contributed by atoms with E-state index in [4.69, 9.17) is 10.5 Å². The molecule has 1 atom stereocenters. The van der Waals surface area contributed by atoms with Crippen molar-refractivity contribution in [2.75, 3.05) is 31.0 Å². The third-order valence-electron chi connectivity index (χ3n) is 4.83. The highest BCUT2D eigenvalue weighted by atomic mass is 32.2. The van der Waals surface area contributed by atoms with E-state index >= 15 is 0 Å². The van der Waals surface area contributed by atoms with Gasteiger partial charge in [0.15, 0.2) is 5.84 Å². The van der Waals surface area contributed by atoms with Gasteiger partial charge in [0.05, 0.1) is 17.9 Å². The Balaban J connectivity index is 1.61.